The van der Waals surface area contributed by atoms with Gasteiger partial charge in [-0.2, -0.15) is 0 Å². The van der Waals surface area contributed by atoms with E-state index in [1.807, 2.05) is 18.2 Å². The maximum Gasteiger partial charge on any atom is 0.0667 e. The normalized spacial score (nSPS) is 11.9. The van der Waals surface area contributed by atoms with Crippen LogP contribution in [0, 0.1) is 0 Å². The van der Waals surface area contributed by atoms with Crippen molar-refractivity contribution in [1.82, 2.24) is 5.32 Å². The number of benzene rings is 1. The van der Waals surface area contributed by atoms with Gasteiger partial charge in [-0.3, -0.25) is 0 Å². The first kappa shape index (κ1) is 14.6. The molecule has 0 saturated heterocycles. The summed E-state index contributed by atoms with van der Waals surface area (Å²) in [7, 11) is 0. The van der Waals surface area contributed by atoms with E-state index < -0.39 is 0 Å². The molecule has 0 aromatic heterocycles. The fourth-order valence-electron chi connectivity index (χ4n) is 1.61. The van der Waals surface area contributed by atoms with E-state index in [1.165, 1.54) is 12.0 Å². The van der Waals surface area contributed by atoms with Crippen molar-refractivity contribution >= 4 is 28.8 Å². The number of hydrogen-bond donors (Lipinski definition) is 1. The monoisotopic (exact) mass is 271 g/mol. The Labute approximate surface area is 114 Å². The summed E-state index contributed by atoms with van der Waals surface area (Å²) in [5.74, 6) is 0. The lowest BCUT2D eigenvalue weighted by atomic mass is 10.1. The highest BCUT2D eigenvalue weighted by Crippen LogP contribution is 2.30. The summed E-state index contributed by atoms with van der Waals surface area (Å²) in [5, 5.41) is 4.62. The molecule has 0 aliphatic rings. The molecular formula is C14H19Cl2N. The zero-order chi connectivity index (χ0) is 12.7. The van der Waals surface area contributed by atoms with E-state index >= 15 is 0 Å². The summed E-state index contributed by atoms with van der Waals surface area (Å²) in [5.41, 5.74) is 2.20. The zero-order valence-electron chi connectivity index (χ0n) is 10.4. The molecule has 1 rings (SSSR count). The molecule has 17 heavy (non-hydrogen) atoms. The van der Waals surface area contributed by atoms with E-state index in [2.05, 4.69) is 25.2 Å². The van der Waals surface area contributed by atoms with Gasteiger partial charge >= 0.3 is 0 Å². The van der Waals surface area contributed by atoms with E-state index in [0.717, 1.165) is 25.1 Å². The van der Waals surface area contributed by atoms with Gasteiger partial charge in [-0.25, -0.2) is 0 Å². The third kappa shape index (κ3) is 4.71. The molecule has 0 radical (unpaired) electrons. The fraction of sp³-hybridized carbons (Fsp3) is 0.429. The van der Waals surface area contributed by atoms with Crippen molar-refractivity contribution < 1.29 is 0 Å². The second kappa shape index (κ2) is 7.75. The van der Waals surface area contributed by atoms with E-state index in [0.29, 0.717) is 10.0 Å². The Balaban J connectivity index is 2.59. The predicted octanol–water partition coefficient (Wildman–Crippen LogP) is 4.79. The van der Waals surface area contributed by atoms with Crippen LogP contribution in [0.4, 0.5) is 0 Å². The maximum atomic E-state index is 6.16. The van der Waals surface area contributed by atoms with E-state index in [9.17, 15) is 0 Å². The van der Waals surface area contributed by atoms with Gasteiger partial charge in [0.15, 0.2) is 0 Å². The Kier molecular flexibility index (Phi) is 6.64. The Bertz CT molecular complexity index is 386. The summed E-state index contributed by atoms with van der Waals surface area (Å²) in [6, 6.07) is 5.74. The summed E-state index contributed by atoms with van der Waals surface area (Å²) < 4.78 is 0. The fourth-order valence-corrected chi connectivity index (χ4v) is 2.06. The van der Waals surface area contributed by atoms with Gasteiger partial charge in [-0.15, -0.1) is 0 Å². The number of allylic oxidation sites excluding steroid dienone is 1. The van der Waals surface area contributed by atoms with Crippen LogP contribution in [-0.2, 0) is 0 Å². The molecule has 0 atom stereocenters. The lowest BCUT2D eigenvalue weighted by Gasteiger charge is -2.06. The molecule has 0 fully saturated rings. The maximum absolute atomic E-state index is 6.16. The second-order valence-corrected chi connectivity index (χ2v) is 4.81. The topological polar surface area (TPSA) is 12.0 Å². The van der Waals surface area contributed by atoms with Crippen LogP contribution in [0.15, 0.2) is 24.3 Å². The minimum atomic E-state index is 0.612. The third-order valence-electron chi connectivity index (χ3n) is 2.57. The average molecular weight is 272 g/mol. The first-order chi connectivity index (χ1) is 8.16. The molecule has 94 valence electrons. The SMILES string of the molecule is CCCNCCC=C(C)c1cccc(Cl)c1Cl. The van der Waals surface area contributed by atoms with E-state index in [1.54, 1.807) is 0 Å². The van der Waals surface area contributed by atoms with Crippen molar-refractivity contribution in [2.75, 3.05) is 13.1 Å². The molecule has 1 aromatic rings. The van der Waals surface area contributed by atoms with Gasteiger partial charge in [0.2, 0.25) is 0 Å². The van der Waals surface area contributed by atoms with Crippen LogP contribution >= 0.6 is 23.2 Å². The summed E-state index contributed by atoms with van der Waals surface area (Å²) >= 11 is 12.2. The molecule has 1 nitrogen and oxygen atoms in total. The van der Waals surface area contributed by atoms with Gasteiger partial charge in [0.25, 0.3) is 0 Å². The minimum absolute atomic E-state index is 0.612. The summed E-state index contributed by atoms with van der Waals surface area (Å²) in [6.07, 6.45) is 4.37. The lowest BCUT2D eigenvalue weighted by Crippen LogP contribution is -2.15. The smallest absolute Gasteiger partial charge is 0.0667 e. The van der Waals surface area contributed by atoms with Gasteiger partial charge in [-0.05, 0) is 50.1 Å². The molecule has 0 aliphatic heterocycles. The standard InChI is InChI=1S/C14H19Cl2N/c1-3-9-17-10-5-6-11(2)12-7-4-8-13(15)14(12)16/h4,6-8,17H,3,5,9-10H2,1-2H3. The number of rotatable bonds is 6. The Hall–Kier alpha value is -0.500. The first-order valence-electron chi connectivity index (χ1n) is 5.98. The van der Waals surface area contributed by atoms with Crippen molar-refractivity contribution in [2.45, 2.75) is 26.7 Å². The van der Waals surface area contributed by atoms with E-state index in [-0.39, 0.29) is 0 Å². The van der Waals surface area contributed by atoms with Crippen LogP contribution in [0.25, 0.3) is 5.57 Å². The van der Waals surface area contributed by atoms with Crippen molar-refractivity contribution in [3.05, 3.63) is 39.9 Å². The molecular weight excluding hydrogens is 253 g/mol. The Morgan fingerprint density at radius 2 is 2.06 bits per heavy atom. The summed E-state index contributed by atoms with van der Waals surface area (Å²) in [6.45, 7) is 6.31. The van der Waals surface area contributed by atoms with Gasteiger partial charge in [0, 0.05) is 0 Å². The van der Waals surface area contributed by atoms with Gasteiger partial charge < -0.3 is 5.32 Å². The average Bonchev–Trinajstić information content (AvgIpc) is 2.32. The molecule has 1 aromatic carbocycles. The molecule has 0 aliphatic carbocycles. The second-order valence-electron chi connectivity index (χ2n) is 4.03. The van der Waals surface area contributed by atoms with Crippen molar-refractivity contribution in [2.24, 2.45) is 0 Å². The number of hydrogen-bond acceptors (Lipinski definition) is 1. The highest BCUT2D eigenvalue weighted by atomic mass is 35.5. The lowest BCUT2D eigenvalue weighted by molar-refractivity contribution is 0.678. The van der Waals surface area contributed by atoms with Gasteiger partial charge in [0.05, 0.1) is 10.0 Å². The molecule has 0 heterocycles. The van der Waals surface area contributed by atoms with Crippen molar-refractivity contribution in [1.29, 1.82) is 0 Å². The van der Waals surface area contributed by atoms with Gasteiger partial charge in [-0.1, -0.05) is 48.3 Å². The third-order valence-corrected chi connectivity index (χ3v) is 3.39. The zero-order valence-corrected chi connectivity index (χ0v) is 11.9. The van der Waals surface area contributed by atoms with Crippen LogP contribution in [0.1, 0.15) is 32.3 Å². The van der Waals surface area contributed by atoms with Crippen LogP contribution < -0.4 is 5.32 Å². The largest absolute Gasteiger partial charge is 0.316 e. The Morgan fingerprint density at radius 3 is 2.76 bits per heavy atom. The highest BCUT2D eigenvalue weighted by molar-refractivity contribution is 6.43. The van der Waals surface area contributed by atoms with Crippen molar-refractivity contribution in [3.63, 3.8) is 0 Å². The number of nitrogens with one attached hydrogen (secondary N) is 1. The molecule has 0 unspecified atom stereocenters. The quantitative estimate of drug-likeness (QED) is 0.734. The molecule has 0 bridgehead atoms. The predicted molar refractivity (Wildman–Crippen MR) is 77.9 cm³/mol. The molecule has 0 saturated carbocycles. The Morgan fingerprint density at radius 1 is 1.29 bits per heavy atom. The number of halogens is 2. The van der Waals surface area contributed by atoms with Crippen LogP contribution in [0.2, 0.25) is 10.0 Å². The van der Waals surface area contributed by atoms with Crippen LogP contribution in [-0.4, -0.2) is 13.1 Å². The molecule has 1 N–H and O–H groups in total. The summed E-state index contributed by atoms with van der Waals surface area (Å²) in [4.78, 5) is 0. The van der Waals surface area contributed by atoms with E-state index in [4.69, 9.17) is 23.2 Å². The van der Waals surface area contributed by atoms with Gasteiger partial charge in [0.1, 0.15) is 0 Å². The van der Waals surface area contributed by atoms with Crippen LogP contribution in [0.5, 0.6) is 0 Å². The molecule has 0 spiro atoms. The van der Waals surface area contributed by atoms with Crippen molar-refractivity contribution in [3.8, 4) is 0 Å². The molecule has 3 heteroatoms. The minimum Gasteiger partial charge on any atom is -0.316 e. The molecule has 0 amide bonds. The van der Waals surface area contributed by atoms with Crippen LogP contribution in [0.3, 0.4) is 0 Å². The first-order valence-corrected chi connectivity index (χ1v) is 6.74. The highest BCUT2D eigenvalue weighted by Gasteiger charge is 2.04.